The van der Waals surface area contributed by atoms with E-state index in [1.165, 1.54) is 44.8 Å². The maximum absolute atomic E-state index is 4.45. The van der Waals surface area contributed by atoms with Crippen molar-refractivity contribution in [2.45, 2.75) is 31.3 Å². The highest BCUT2D eigenvalue weighted by Crippen LogP contribution is 2.55. The molecule has 7 rings (SSSR count). The van der Waals surface area contributed by atoms with Crippen molar-refractivity contribution in [3.05, 3.63) is 93.8 Å². The highest BCUT2D eigenvalue weighted by atomic mass is 15.4. The molecule has 25 heavy (non-hydrogen) atoms. The molecule has 0 N–H and O–H groups in total. The SMILES string of the molecule is C=C1Cc2cccc3c2C24c5c(cccc5C3)CC3=CCC(=[N+]32)[C-]=[N+]14. The standard InChI is InChI=1S/C23H17N2/c1-14-10-15-4-2-5-16-11-17-6-3-7-18-12-19-8-9-20-13-24(14)23(21(15)16,22(17)18)25(19)20/h2-8H,1,9-12H2/q+1. The maximum Gasteiger partial charge on any atom is 0.385 e. The molecule has 0 radical (unpaired) electrons. The van der Waals surface area contributed by atoms with E-state index in [0.29, 0.717) is 0 Å². The van der Waals surface area contributed by atoms with Gasteiger partial charge in [-0.2, -0.15) is 0 Å². The summed E-state index contributed by atoms with van der Waals surface area (Å²) in [5, 5.41) is 0. The zero-order valence-electron chi connectivity index (χ0n) is 14.0. The van der Waals surface area contributed by atoms with Crippen molar-refractivity contribution in [1.29, 1.82) is 0 Å². The Bertz CT molecular complexity index is 1140. The second-order valence-electron chi connectivity index (χ2n) is 7.80. The van der Waals surface area contributed by atoms with Crippen molar-refractivity contribution >= 4 is 11.9 Å². The second kappa shape index (κ2) is 3.75. The lowest BCUT2D eigenvalue weighted by Crippen LogP contribution is -2.54. The van der Waals surface area contributed by atoms with Crippen LogP contribution in [0.5, 0.6) is 0 Å². The van der Waals surface area contributed by atoms with Crippen LogP contribution in [0.1, 0.15) is 39.8 Å². The van der Waals surface area contributed by atoms with Gasteiger partial charge in [-0.1, -0.05) is 36.4 Å². The molecule has 5 aliphatic rings. The van der Waals surface area contributed by atoms with Crippen LogP contribution in [0.3, 0.4) is 0 Å². The molecule has 0 saturated carbocycles. The van der Waals surface area contributed by atoms with Gasteiger partial charge in [0.1, 0.15) is 17.3 Å². The summed E-state index contributed by atoms with van der Waals surface area (Å²) < 4.78 is 4.96. The van der Waals surface area contributed by atoms with Gasteiger partial charge in [0, 0.05) is 12.1 Å². The van der Waals surface area contributed by atoms with Crippen LogP contribution in [0.25, 0.3) is 0 Å². The van der Waals surface area contributed by atoms with Crippen LogP contribution in [0.4, 0.5) is 0 Å². The number of hydrogen-bond donors (Lipinski definition) is 0. The van der Waals surface area contributed by atoms with E-state index < -0.39 is 0 Å². The van der Waals surface area contributed by atoms with Gasteiger partial charge in [0.2, 0.25) is 0 Å². The van der Waals surface area contributed by atoms with Crippen molar-refractivity contribution in [3.8, 4) is 0 Å². The molecule has 0 amide bonds. The summed E-state index contributed by atoms with van der Waals surface area (Å²) in [6.45, 7) is 4.45. The first-order chi connectivity index (χ1) is 12.3. The molecule has 118 valence electrons. The first kappa shape index (κ1) is 12.6. The van der Waals surface area contributed by atoms with E-state index in [1.54, 1.807) is 0 Å². The summed E-state index contributed by atoms with van der Waals surface area (Å²) in [4.78, 5) is 0. The predicted octanol–water partition coefficient (Wildman–Crippen LogP) is 3.13. The van der Waals surface area contributed by atoms with Gasteiger partial charge in [-0.3, -0.25) is 4.58 Å². The quantitative estimate of drug-likeness (QED) is 0.519. The average Bonchev–Trinajstić information content (AvgIpc) is 3.17. The number of hydrogen-bond acceptors (Lipinski definition) is 0. The van der Waals surface area contributed by atoms with Gasteiger partial charge < -0.3 is 0 Å². The number of benzene rings is 2. The van der Waals surface area contributed by atoms with Crippen molar-refractivity contribution in [2.24, 2.45) is 0 Å². The molecule has 4 heterocycles. The molecule has 0 aromatic heterocycles. The summed E-state index contributed by atoms with van der Waals surface area (Å²) in [7, 11) is 0. The molecule has 2 aromatic carbocycles. The molecule has 4 aliphatic heterocycles. The van der Waals surface area contributed by atoms with Crippen LogP contribution >= 0.6 is 0 Å². The Labute approximate surface area is 146 Å². The van der Waals surface area contributed by atoms with Gasteiger partial charge in [0.25, 0.3) is 0 Å². The molecular weight excluding hydrogens is 304 g/mol. The fourth-order valence-corrected chi connectivity index (χ4v) is 5.90. The van der Waals surface area contributed by atoms with Crippen molar-refractivity contribution in [1.82, 2.24) is 0 Å². The summed E-state index contributed by atoms with van der Waals surface area (Å²) in [5.41, 5.74) is 12.5. The molecule has 2 aromatic rings. The van der Waals surface area contributed by atoms with E-state index in [-0.39, 0.29) is 5.66 Å². The highest BCUT2D eigenvalue weighted by molar-refractivity contribution is 6.28. The van der Waals surface area contributed by atoms with E-state index in [0.717, 1.165) is 31.4 Å². The second-order valence-corrected chi connectivity index (χ2v) is 7.80. The Kier molecular flexibility index (Phi) is 1.89. The number of allylic oxidation sites excluding steroid dienone is 3. The molecular formula is C23H17N2+. The highest BCUT2D eigenvalue weighted by Gasteiger charge is 2.67. The topological polar surface area (TPSA) is 6.02 Å². The lowest BCUT2D eigenvalue weighted by Gasteiger charge is -2.43. The Morgan fingerprint density at radius 3 is 2.24 bits per heavy atom. The predicted molar refractivity (Wildman–Crippen MR) is 96.3 cm³/mol. The van der Waals surface area contributed by atoms with Crippen LogP contribution < -0.4 is 0 Å². The minimum Gasteiger partial charge on any atom is -0.287 e. The van der Waals surface area contributed by atoms with Crippen molar-refractivity contribution in [3.63, 3.8) is 0 Å². The Balaban J connectivity index is 1.77. The summed E-state index contributed by atoms with van der Waals surface area (Å²) in [5.74, 6) is 0. The molecule has 0 bridgehead atoms. The maximum atomic E-state index is 4.45. The van der Waals surface area contributed by atoms with Crippen LogP contribution in [0.15, 0.2) is 60.4 Å². The smallest absolute Gasteiger partial charge is 0.287 e. The van der Waals surface area contributed by atoms with Gasteiger partial charge in [-0.15, -0.1) is 11.2 Å². The Hall–Kier alpha value is -2.74. The van der Waals surface area contributed by atoms with Gasteiger partial charge in [0.15, 0.2) is 11.4 Å². The lowest BCUT2D eigenvalue weighted by molar-refractivity contribution is -0.781. The normalized spacial score (nSPS) is 26.3. The zero-order valence-corrected chi connectivity index (χ0v) is 14.0. The van der Waals surface area contributed by atoms with Crippen LogP contribution in [0.2, 0.25) is 0 Å². The van der Waals surface area contributed by atoms with E-state index >= 15 is 0 Å². The van der Waals surface area contributed by atoms with E-state index in [1.807, 2.05) is 0 Å². The third kappa shape index (κ3) is 1.17. The molecule has 2 nitrogen and oxygen atoms in total. The summed E-state index contributed by atoms with van der Waals surface area (Å²) in [6, 6.07) is 13.7. The molecule has 0 fully saturated rings. The first-order valence-corrected chi connectivity index (χ1v) is 9.11. The number of rotatable bonds is 0. The molecule has 1 spiro atoms. The van der Waals surface area contributed by atoms with Gasteiger partial charge in [-0.05, 0) is 41.2 Å². The monoisotopic (exact) mass is 321 g/mol. The van der Waals surface area contributed by atoms with Gasteiger partial charge in [0.05, 0.1) is 6.42 Å². The zero-order chi connectivity index (χ0) is 16.3. The summed E-state index contributed by atoms with van der Waals surface area (Å²) in [6.07, 6.45) is 10.1. The fourth-order valence-electron chi connectivity index (χ4n) is 5.90. The van der Waals surface area contributed by atoms with Gasteiger partial charge in [-0.25, -0.2) is 0 Å². The molecule has 1 atom stereocenters. The molecule has 2 heteroatoms. The Morgan fingerprint density at radius 1 is 0.880 bits per heavy atom. The summed E-state index contributed by atoms with van der Waals surface area (Å²) >= 11 is 0. The third-order valence-electron chi connectivity index (χ3n) is 6.61. The Morgan fingerprint density at radius 2 is 1.52 bits per heavy atom. The van der Waals surface area contributed by atoms with E-state index in [2.05, 4.69) is 64.4 Å². The van der Waals surface area contributed by atoms with E-state index in [4.69, 9.17) is 0 Å². The van der Waals surface area contributed by atoms with Crippen molar-refractivity contribution in [2.75, 3.05) is 0 Å². The van der Waals surface area contributed by atoms with E-state index in [9.17, 15) is 0 Å². The van der Waals surface area contributed by atoms with Crippen LogP contribution in [-0.4, -0.2) is 21.1 Å². The minimum absolute atomic E-state index is 0.263. The molecule has 1 aliphatic carbocycles. The van der Waals surface area contributed by atoms with Crippen LogP contribution in [-0.2, 0) is 24.9 Å². The largest absolute Gasteiger partial charge is 0.385 e. The van der Waals surface area contributed by atoms with Gasteiger partial charge >= 0.3 is 5.66 Å². The number of nitrogens with zero attached hydrogens (tertiary/aromatic N) is 2. The molecule has 0 saturated heterocycles. The first-order valence-electron chi connectivity index (χ1n) is 9.11. The fraction of sp³-hybridized carbons (Fsp3) is 0.217. The lowest BCUT2D eigenvalue weighted by atomic mass is 9.69. The average molecular weight is 321 g/mol. The van der Waals surface area contributed by atoms with Crippen LogP contribution in [0, 0.1) is 0 Å². The van der Waals surface area contributed by atoms with Crippen molar-refractivity contribution < 1.29 is 9.15 Å². The third-order valence-corrected chi connectivity index (χ3v) is 6.61. The molecule has 1 unspecified atom stereocenters. The minimum atomic E-state index is -0.263.